The van der Waals surface area contributed by atoms with Gasteiger partial charge in [0.2, 0.25) is 5.91 Å². The molecule has 1 amide bonds. The Kier molecular flexibility index (Phi) is 5.12. The van der Waals surface area contributed by atoms with Crippen molar-refractivity contribution in [3.8, 4) is 0 Å². The summed E-state index contributed by atoms with van der Waals surface area (Å²) in [4.78, 5) is 25.1. The molecule has 0 radical (unpaired) electrons. The third-order valence-electron chi connectivity index (χ3n) is 4.22. The highest BCUT2D eigenvalue weighted by atomic mass is 32.2. The minimum absolute atomic E-state index is 0.128. The van der Waals surface area contributed by atoms with E-state index in [4.69, 9.17) is 5.11 Å². The Morgan fingerprint density at radius 3 is 2.46 bits per heavy atom. The van der Waals surface area contributed by atoms with Gasteiger partial charge >= 0.3 is 5.97 Å². The van der Waals surface area contributed by atoms with Crippen LogP contribution in [0.15, 0.2) is 34.0 Å². The molecule has 0 spiro atoms. The molecule has 26 heavy (non-hydrogen) atoms. The molecule has 1 saturated heterocycles. The number of aromatic carboxylic acids is 1. The topological polar surface area (TPSA) is 113 Å². The monoisotopic (exact) mass is 398 g/mol. The minimum atomic E-state index is -3.52. The van der Waals surface area contributed by atoms with Gasteiger partial charge in [-0.3, -0.25) is 9.48 Å². The molecule has 1 unspecified atom stereocenters. The molecule has 0 aliphatic carbocycles. The zero-order valence-corrected chi connectivity index (χ0v) is 15.6. The van der Waals surface area contributed by atoms with Crippen LogP contribution in [0.3, 0.4) is 0 Å². The highest BCUT2D eigenvalue weighted by Gasteiger charge is 2.32. The second kappa shape index (κ2) is 7.17. The maximum Gasteiger partial charge on any atom is 0.356 e. The van der Waals surface area contributed by atoms with Gasteiger partial charge < -0.3 is 10.0 Å². The van der Waals surface area contributed by atoms with Gasteiger partial charge in [-0.05, 0) is 24.4 Å². The number of hydrogen-bond donors (Lipinski definition) is 1. The number of sulfonamides is 1. The summed E-state index contributed by atoms with van der Waals surface area (Å²) in [7, 11) is -3.52. The number of thiophene rings is 1. The standard InChI is InChI=1S/C15H18N4O5S2/c1-11(19-5-4-12(16-19)15(21)22)14(20)17-6-8-18(9-7-17)26(23,24)13-3-2-10-25-13/h2-5,10-11H,6-9H2,1H3,(H,21,22). The first kappa shape index (κ1) is 18.5. The zero-order chi connectivity index (χ0) is 18.9. The molecule has 11 heteroatoms. The van der Waals surface area contributed by atoms with E-state index in [-0.39, 0.29) is 37.8 Å². The van der Waals surface area contributed by atoms with Crippen LogP contribution in [-0.2, 0) is 14.8 Å². The molecule has 0 saturated carbocycles. The van der Waals surface area contributed by atoms with E-state index in [2.05, 4.69) is 5.10 Å². The number of carbonyl (C=O) groups is 2. The molecular weight excluding hydrogens is 380 g/mol. The second-order valence-corrected chi connectivity index (χ2v) is 8.94. The van der Waals surface area contributed by atoms with Crippen LogP contribution in [0.5, 0.6) is 0 Å². The highest BCUT2D eigenvalue weighted by Crippen LogP contribution is 2.22. The van der Waals surface area contributed by atoms with Gasteiger partial charge in [0.05, 0.1) is 0 Å². The Bertz CT molecular complexity index is 898. The Labute approximate surface area is 154 Å². The number of hydrogen-bond acceptors (Lipinski definition) is 6. The molecular formula is C15H18N4O5S2. The smallest absolute Gasteiger partial charge is 0.356 e. The predicted molar refractivity (Wildman–Crippen MR) is 93.6 cm³/mol. The Morgan fingerprint density at radius 2 is 1.92 bits per heavy atom. The van der Waals surface area contributed by atoms with Crippen LogP contribution in [0.2, 0.25) is 0 Å². The quantitative estimate of drug-likeness (QED) is 0.795. The molecule has 1 N–H and O–H groups in total. The number of amides is 1. The van der Waals surface area contributed by atoms with Gasteiger partial charge in [0.15, 0.2) is 5.69 Å². The van der Waals surface area contributed by atoms with Crippen LogP contribution in [-0.4, -0.2) is 70.6 Å². The lowest BCUT2D eigenvalue weighted by Crippen LogP contribution is -2.51. The summed E-state index contributed by atoms with van der Waals surface area (Å²) in [6.07, 6.45) is 1.45. The summed E-state index contributed by atoms with van der Waals surface area (Å²) in [6.45, 7) is 2.63. The van der Waals surface area contributed by atoms with Crippen molar-refractivity contribution in [1.82, 2.24) is 19.0 Å². The normalized spacial score (nSPS) is 17.2. The summed E-state index contributed by atoms with van der Waals surface area (Å²) in [5.74, 6) is -1.38. The number of rotatable bonds is 5. The maximum atomic E-state index is 12.6. The van der Waals surface area contributed by atoms with Crippen LogP contribution in [0, 0.1) is 0 Å². The summed E-state index contributed by atoms with van der Waals surface area (Å²) in [5, 5.41) is 14.5. The van der Waals surface area contributed by atoms with E-state index in [9.17, 15) is 18.0 Å². The first-order valence-corrected chi connectivity index (χ1v) is 10.2. The third kappa shape index (κ3) is 3.50. The number of carboxylic acid groups (broad SMARTS) is 1. The second-order valence-electron chi connectivity index (χ2n) is 5.82. The maximum absolute atomic E-state index is 12.6. The van der Waals surface area contributed by atoms with Gasteiger partial charge in [0.25, 0.3) is 10.0 Å². The van der Waals surface area contributed by atoms with Gasteiger partial charge in [-0.2, -0.15) is 9.40 Å². The van der Waals surface area contributed by atoms with Crippen molar-refractivity contribution in [2.75, 3.05) is 26.2 Å². The van der Waals surface area contributed by atoms with E-state index in [0.717, 1.165) is 0 Å². The molecule has 1 aliphatic rings. The molecule has 2 aromatic rings. The minimum Gasteiger partial charge on any atom is -0.476 e. The average Bonchev–Trinajstić information content (AvgIpc) is 3.32. The zero-order valence-electron chi connectivity index (χ0n) is 14.0. The van der Waals surface area contributed by atoms with Gasteiger partial charge in [0.1, 0.15) is 10.3 Å². The van der Waals surface area contributed by atoms with Crippen molar-refractivity contribution in [2.45, 2.75) is 17.2 Å². The van der Waals surface area contributed by atoms with Crippen molar-refractivity contribution in [3.05, 3.63) is 35.5 Å². The van der Waals surface area contributed by atoms with E-state index in [0.29, 0.717) is 4.21 Å². The fourth-order valence-corrected chi connectivity index (χ4v) is 5.30. The fraction of sp³-hybridized carbons (Fsp3) is 0.400. The molecule has 1 fully saturated rings. The number of nitrogens with zero attached hydrogens (tertiary/aromatic N) is 4. The summed E-state index contributed by atoms with van der Waals surface area (Å²) in [5.41, 5.74) is -0.128. The van der Waals surface area contributed by atoms with Crippen molar-refractivity contribution in [1.29, 1.82) is 0 Å². The molecule has 140 valence electrons. The van der Waals surface area contributed by atoms with Crippen molar-refractivity contribution >= 4 is 33.2 Å². The van der Waals surface area contributed by atoms with Gasteiger partial charge in [-0.1, -0.05) is 6.07 Å². The average molecular weight is 398 g/mol. The van der Waals surface area contributed by atoms with Crippen LogP contribution < -0.4 is 0 Å². The molecule has 3 heterocycles. The molecule has 0 aromatic carbocycles. The lowest BCUT2D eigenvalue weighted by Gasteiger charge is -2.35. The van der Waals surface area contributed by atoms with Crippen LogP contribution in [0.1, 0.15) is 23.5 Å². The summed E-state index contributed by atoms with van der Waals surface area (Å²) < 4.78 is 28.0. The lowest BCUT2D eigenvalue weighted by molar-refractivity contribution is -0.135. The number of carboxylic acids is 1. The van der Waals surface area contributed by atoms with Crippen LogP contribution in [0.4, 0.5) is 0 Å². The van der Waals surface area contributed by atoms with E-state index in [1.165, 1.54) is 32.6 Å². The van der Waals surface area contributed by atoms with E-state index < -0.39 is 22.0 Å². The first-order valence-electron chi connectivity index (χ1n) is 7.91. The van der Waals surface area contributed by atoms with E-state index in [1.54, 1.807) is 29.3 Å². The number of piperazine rings is 1. The van der Waals surface area contributed by atoms with Gasteiger partial charge in [-0.25, -0.2) is 13.2 Å². The van der Waals surface area contributed by atoms with Crippen LogP contribution in [0.25, 0.3) is 0 Å². The Balaban J connectivity index is 1.64. The largest absolute Gasteiger partial charge is 0.476 e. The fourth-order valence-electron chi connectivity index (χ4n) is 2.73. The SMILES string of the molecule is CC(C(=O)N1CCN(S(=O)(=O)c2cccs2)CC1)n1ccc(C(=O)O)n1. The Hall–Kier alpha value is -2.24. The van der Waals surface area contributed by atoms with Crippen molar-refractivity contribution < 1.29 is 23.1 Å². The van der Waals surface area contributed by atoms with Crippen molar-refractivity contribution in [2.24, 2.45) is 0 Å². The number of aromatic nitrogens is 2. The lowest BCUT2D eigenvalue weighted by atomic mass is 10.2. The van der Waals surface area contributed by atoms with E-state index in [1.807, 2.05) is 0 Å². The molecule has 9 nitrogen and oxygen atoms in total. The summed E-state index contributed by atoms with van der Waals surface area (Å²) in [6, 6.07) is 3.92. The number of carbonyl (C=O) groups excluding carboxylic acids is 1. The molecule has 0 bridgehead atoms. The predicted octanol–water partition coefficient (Wildman–Crippen LogP) is 0.737. The first-order chi connectivity index (χ1) is 12.3. The molecule has 1 atom stereocenters. The molecule has 1 aliphatic heterocycles. The van der Waals surface area contributed by atoms with E-state index >= 15 is 0 Å². The molecule has 2 aromatic heterocycles. The van der Waals surface area contributed by atoms with Crippen LogP contribution >= 0.6 is 11.3 Å². The summed E-state index contributed by atoms with van der Waals surface area (Å²) >= 11 is 1.17. The van der Waals surface area contributed by atoms with Gasteiger partial charge in [0, 0.05) is 32.4 Å². The van der Waals surface area contributed by atoms with Gasteiger partial charge in [-0.15, -0.1) is 11.3 Å². The third-order valence-corrected chi connectivity index (χ3v) is 7.49. The van der Waals surface area contributed by atoms with Crippen molar-refractivity contribution in [3.63, 3.8) is 0 Å². The Morgan fingerprint density at radius 1 is 1.23 bits per heavy atom. The highest BCUT2D eigenvalue weighted by molar-refractivity contribution is 7.91. The molecule has 3 rings (SSSR count).